The van der Waals surface area contributed by atoms with E-state index in [1.165, 1.54) is 0 Å². The number of ether oxygens (including phenoxy) is 1. The average Bonchev–Trinajstić information content (AvgIpc) is 2.66. The van der Waals surface area contributed by atoms with Gasteiger partial charge in [0.25, 0.3) is 0 Å². The number of para-hydroxylation sites is 1. The van der Waals surface area contributed by atoms with Gasteiger partial charge in [0, 0.05) is 24.7 Å². The Morgan fingerprint density at radius 2 is 2.07 bits per heavy atom. The standard InChI is InChI=1S/C20H30N4O3/c1-23(2)11-12-27-18-10-6-3-7-15(18)13-21-20(26)24-14-19(25)22-16-8-4-5-9-17(16)24/h3,6-7,10,16-17H,4-5,8-9,11-14H2,1-2H3,(H,21,26)(H,22,25). The number of hydrogen-bond donors (Lipinski definition) is 2. The number of hydrogen-bond acceptors (Lipinski definition) is 4. The van der Waals surface area contributed by atoms with E-state index in [9.17, 15) is 9.59 Å². The SMILES string of the molecule is CN(C)CCOc1ccccc1CNC(=O)N1CC(=O)NC2CCCCC21. The number of rotatable bonds is 6. The topological polar surface area (TPSA) is 73.9 Å². The number of carbonyl (C=O) groups is 2. The van der Waals surface area contributed by atoms with E-state index in [2.05, 4.69) is 15.5 Å². The summed E-state index contributed by atoms with van der Waals surface area (Å²) < 4.78 is 5.86. The lowest BCUT2D eigenvalue weighted by atomic mass is 9.87. The van der Waals surface area contributed by atoms with Crippen LogP contribution in [-0.2, 0) is 11.3 Å². The second kappa shape index (κ2) is 9.08. The van der Waals surface area contributed by atoms with Crippen molar-refractivity contribution >= 4 is 11.9 Å². The van der Waals surface area contributed by atoms with Crippen LogP contribution in [0.25, 0.3) is 0 Å². The third kappa shape index (κ3) is 5.13. The molecule has 0 radical (unpaired) electrons. The van der Waals surface area contributed by atoms with E-state index in [0.29, 0.717) is 13.2 Å². The van der Waals surface area contributed by atoms with E-state index in [1.54, 1.807) is 4.90 Å². The Morgan fingerprint density at radius 1 is 1.30 bits per heavy atom. The van der Waals surface area contributed by atoms with Gasteiger partial charge in [0.2, 0.25) is 5.91 Å². The lowest BCUT2D eigenvalue weighted by molar-refractivity contribution is -0.126. The fourth-order valence-corrected chi connectivity index (χ4v) is 3.80. The lowest BCUT2D eigenvalue weighted by Crippen LogP contribution is -2.64. The molecule has 2 fully saturated rings. The molecule has 1 saturated carbocycles. The molecule has 1 aromatic carbocycles. The van der Waals surface area contributed by atoms with Crippen LogP contribution in [0.5, 0.6) is 5.75 Å². The molecule has 2 atom stereocenters. The van der Waals surface area contributed by atoms with Gasteiger partial charge in [-0.05, 0) is 33.0 Å². The number of nitrogens with zero attached hydrogens (tertiary/aromatic N) is 2. The van der Waals surface area contributed by atoms with Crippen LogP contribution in [-0.4, -0.2) is 67.6 Å². The monoisotopic (exact) mass is 374 g/mol. The highest BCUT2D eigenvalue weighted by Crippen LogP contribution is 2.26. The zero-order valence-electron chi connectivity index (χ0n) is 16.2. The van der Waals surface area contributed by atoms with Gasteiger partial charge < -0.3 is 25.2 Å². The maximum absolute atomic E-state index is 12.8. The maximum Gasteiger partial charge on any atom is 0.318 e. The number of urea groups is 1. The minimum Gasteiger partial charge on any atom is -0.492 e. The summed E-state index contributed by atoms with van der Waals surface area (Å²) in [5.74, 6) is 0.715. The Morgan fingerprint density at radius 3 is 2.89 bits per heavy atom. The molecule has 7 heteroatoms. The highest BCUT2D eigenvalue weighted by Gasteiger charge is 2.38. The molecule has 2 aliphatic rings. The van der Waals surface area contributed by atoms with E-state index in [1.807, 2.05) is 38.4 Å². The first-order chi connectivity index (χ1) is 13.0. The molecule has 2 N–H and O–H groups in total. The first-order valence-electron chi connectivity index (χ1n) is 9.74. The molecular formula is C20H30N4O3. The van der Waals surface area contributed by atoms with Crippen molar-refractivity contribution in [2.45, 2.75) is 44.3 Å². The number of nitrogens with one attached hydrogen (secondary N) is 2. The van der Waals surface area contributed by atoms with Crippen molar-refractivity contribution in [3.63, 3.8) is 0 Å². The number of carbonyl (C=O) groups excluding carboxylic acids is 2. The first kappa shape index (κ1) is 19.5. The van der Waals surface area contributed by atoms with E-state index >= 15 is 0 Å². The normalized spacial score (nSPS) is 22.2. The molecule has 1 aromatic rings. The van der Waals surface area contributed by atoms with Gasteiger partial charge in [-0.25, -0.2) is 4.79 Å². The highest BCUT2D eigenvalue weighted by molar-refractivity contribution is 5.86. The van der Waals surface area contributed by atoms with Crippen LogP contribution in [0, 0.1) is 0 Å². The molecule has 148 valence electrons. The fourth-order valence-electron chi connectivity index (χ4n) is 3.80. The molecule has 7 nitrogen and oxygen atoms in total. The number of likely N-dealkylation sites (N-methyl/N-ethyl adjacent to an activating group) is 1. The van der Waals surface area contributed by atoms with Gasteiger partial charge in [-0.3, -0.25) is 4.79 Å². The second-order valence-electron chi connectivity index (χ2n) is 7.57. The van der Waals surface area contributed by atoms with Crippen molar-refractivity contribution in [3.8, 4) is 5.75 Å². The summed E-state index contributed by atoms with van der Waals surface area (Å²) in [5, 5.41) is 6.01. The summed E-state index contributed by atoms with van der Waals surface area (Å²) in [6.07, 6.45) is 4.10. The van der Waals surface area contributed by atoms with Gasteiger partial charge in [-0.1, -0.05) is 31.0 Å². The van der Waals surface area contributed by atoms with Crippen molar-refractivity contribution in [2.75, 3.05) is 33.8 Å². The third-order valence-electron chi connectivity index (χ3n) is 5.25. The fraction of sp³-hybridized carbons (Fsp3) is 0.600. The zero-order valence-corrected chi connectivity index (χ0v) is 16.2. The summed E-state index contributed by atoms with van der Waals surface area (Å²) in [6, 6.07) is 7.75. The predicted octanol–water partition coefficient (Wildman–Crippen LogP) is 1.58. The molecule has 3 amide bonds. The quantitative estimate of drug-likeness (QED) is 0.793. The van der Waals surface area contributed by atoms with Crippen molar-refractivity contribution in [1.82, 2.24) is 20.4 Å². The number of amides is 3. The van der Waals surface area contributed by atoms with E-state index < -0.39 is 0 Å². The zero-order chi connectivity index (χ0) is 19.2. The molecular weight excluding hydrogens is 344 g/mol. The number of piperazine rings is 1. The molecule has 27 heavy (non-hydrogen) atoms. The van der Waals surface area contributed by atoms with Gasteiger partial charge >= 0.3 is 6.03 Å². The molecule has 1 heterocycles. The van der Waals surface area contributed by atoms with Gasteiger partial charge in [0.15, 0.2) is 0 Å². The van der Waals surface area contributed by atoms with Crippen molar-refractivity contribution < 1.29 is 14.3 Å². The third-order valence-corrected chi connectivity index (χ3v) is 5.25. The van der Waals surface area contributed by atoms with E-state index in [4.69, 9.17) is 4.74 Å². The van der Waals surface area contributed by atoms with Crippen molar-refractivity contribution in [2.24, 2.45) is 0 Å². The van der Waals surface area contributed by atoms with E-state index in [0.717, 1.165) is 43.5 Å². The van der Waals surface area contributed by atoms with Crippen LogP contribution in [0.2, 0.25) is 0 Å². The molecule has 0 aromatic heterocycles. The Bertz CT molecular complexity index is 664. The van der Waals surface area contributed by atoms with Crippen LogP contribution in [0.15, 0.2) is 24.3 Å². The van der Waals surface area contributed by atoms with Crippen LogP contribution in [0.4, 0.5) is 4.79 Å². The number of fused-ring (bicyclic) bond motifs is 1. The Labute approximate surface area is 161 Å². The van der Waals surface area contributed by atoms with Gasteiger partial charge in [-0.15, -0.1) is 0 Å². The Kier molecular flexibility index (Phi) is 6.55. The molecule has 1 aliphatic heterocycles. The van der Waals surface area contributed by atoms with Crippen molar-refractivity contribution in [1.29, 1.82) is 0 Å². The maximum atomic E-state index is 12.8. The largest absolute Gasteiger partial charge is 0.492 e. The van der Waals surface area contributed by atoms with Gasteiger partial charge in [-0.2, -0.15) is 0 Å². The molecule has 3 rings (SSSR count). The summed E-state index contributed by atoms with van der Waals surface area (Å²) in [4.78, 5) is 28.5. The highest BCUT2D eigenvalue weighted by atomic mass is 16.5. The van der Waals surface area contributed by atoms with Crippen LogP contribution in [0.1, 0.15) is 31.2 Å². The summed E-state index contributed by atoms with van der Waals surface area (Å²) in [5.41, 5.74) is 0.936. The van der Waals surface area contributed by atoms with E-state index in [-0.39, 0.29) is 30.6 Å². The van der Waals surface area contributed by atoms with Gasteiger partial charge in [0.1, 0.15) is 18.9 Å². The lowest BCUT2D eigenvalue weighted by Gasteiger charge is -2.43. The predicted molar refractivity (Wildman–Crippen MR) is 104 cm³/mol. The molecule has 0 bridgehead atoms. The summed E-state index contributed by atoms with van der Waals surface area (Å²) in [6.45, 7) is 1.93. The number of benzene rings is 1. The van der Waals surface area contributed by atoms with Crippen LogP contribution >= 0.6 is 0 Å². The van der Waals surface area contributed by atoms with Crippen molar-refractivity contribution in [3.05, 3.63) is 29.8 Å². The van der Waals surface area contributed by atoms with Gasteiger partial charge in [0.05, 0.1) is 6.04 Å². The van der Waals surface area contributed by atoms with Crippen LogP contribution < -0.4 is 15.4 Å². The minimum atomic E-state index is -0.176. The first-order valence-corrected chi connectivity index (χ1v) is 9.74. The minimum absolute atomic E-state index is 0.0688. The Balaban J connectivity index is 1.59. The smallest absolute Gasteiger partial charge is 0.318 e. The molecule has 1 saturated heterocycles. The Hall–Kier alpha value is -2.28. The summed E-state index contributed by atoms with van der Waals surface area (Å²) in [7, 11) is 4.01. The molecule has 1 aliphatic carbocycles. The molecule has 0 spiro atoms. The summed E-state index contributed by atoms with van der Waals surface area (Å²) >= 11 is 0. The second-order valence-corrected chi connectivity index (χ2v) is 7.57. The molecule has 2 unspecified atom stereocenters. The average molecular weight is 374 g/mol. The van der Waals surface area contributed by atoms with Crippen LogP contribution in [0.3, 0.4) is 0 Å².